The van der Waals surface area contributed by atoms with Gasteiger partial charge in [-0.1, -0.05) is 20.8 Å². The first kappa shape index (κ1) is 12.0. The molecule has 3 nitrogen and oxygen atoms in total. The predicted octanol–water partition coefficient (Wildman–Crippen LogP) is 0.831. The topological polar surface area (TPSA) is 35.5 Å². The molecule has 3 heteroatoms. The summed E-state index contributed by atoms with van der Waals surface area (Å²) in [6, 6.07) is 0.643. The van der Waals surface area contributed by atoms with E-state index in [-0.39, 0.29) is 0 Å². The van der Waals surface area contributed by atoms with Crippen LogP contribution < -0.4 is 5.32 Å². The highest BCUT2D eigenvalue weighted by molar-refractivity contribution is 4.88. The number of hydrogen-bond acceptors (Lipinski definition) is 3. The van der Waals surface area contributed by atoms with E-state index in [4.69, 9.17) is 0 Å². The Labute approximate surface area is 87.5 Å². The quantitative estimate of drug-likeness (QED) is 0.667. The van der Waals surface area contributed by atoms with Crippen molar-refractivity contribution in [1.82, 2.24) is 10.2 Å². The third-order valence-electron chi connectivity index (χ3n) is 3.50. The molecular formula is C11H24N2O. The SMILES string of the molecule is CCN(CC(O)(CC)CC)C1CNC1. The van der Waals surface area contributed by atoms with Crippen molar-refractivity contribution >= 4 is 0 Å². The molecule has 0 unspecified atom stereocenters. The van der Waals surface area contributed by atoms with Gasteiger partial charge in [0.1, 0.15) is 0 Å². The van der Waals surface area contributed by atoms with Crippen LogP contribution in [-0.4, -0.2) is 47.8 Å². The van der Waals surface area contributed by atoms with E-state index < -0.39 is 5.60 Å². The van der Waals surface area contributed by atoms with E-state index in [0.717, 1.165) is 39.0 Å². The van der Waals surface area contributed by atoms with E-state index >= 15 is 0 Å². The second kappa shape index (κ2) is 5.10. The van der Waals surface area contributed by atoms with Gasteiger partial charge in [0.05, 0.1) is 5.60 Å². The van der Waals surface area contributed by atoms with Crippen LogP contribution in [-0.2, 0) is 0 Å². The molecule has 0 aliphatic carbocycles. The molecule has 1 fully saturated rings. The highest BCUT2D eigenvalue weighted by atomic mass is 16.3. The van der Waals surface area contributed by atoms with Gasteiger partial charge in [0.2, 0.25) is 0 Å². The Kier molecular flexibility index (Phi) is 4.35. The molecule has 0 radical (unpaired) electrons. The first-order chi connectivity index (χ1) is 6.65. The molecule has 0 amide bonds. The summed E-state index contributed by atoms with van der Waals surface area (Å²) in [5.41, 5.74) is -0.481. The van der Waals surface area contributed by atoms with Crippen LogP contribution in [0.5, 0.6) is 0 Å². The summed E-state index contributed by atoms with van der Waals surface area (Å²) < 4.78 is 0. The Morgan fingerprint density at radius 3 is 2.14 bits per heavy atom. The maximum atomic E-state index is 10.2. The molecule has 14 heavy (non-hydrogen) atoms. The lowest BCUT2D eigenvalue weighted by atomic mass is 9.95. The summed E-state index contributed by atoms with van der Waals surface area (Å²) in [6.07, 6.45) is 1.69. The van der Waals surface area contributed by atoms with Crippen LogP contribution in [0.15, 0.2) is 0 Å². The molecule has 1 saturated heterocycles. The molecule has 1 heterocycles. The smallest absolute Gasteiger partial charge is 0.0769 e. The van der Waals surface area contributed by atoms with Crippen molar-refractivity contribution in [3.8, 4) is 0 Å². The van der Waals surface area contributed by atoms with Gasteiger partial charge < -0.3 is 10.4 Å². The fraction of sp³-hybridized carbons (Fsp3) is 1.00. The van der Waals surface area contributed by atoms with E-state index in [9.17, 15) is 5.11 Å². The molecular weight excluding hydrogens is 176 g/mol. The van der Waals surface area contributed by atoms with Gasteiger partial charge in [-0.05, 0) is 19.4 Å². The number of likely N-dealkylation sites (N-methyl/N-ethyl adjacent to an activating group) is 1. The minimum Gasteiger partial charge on any atom is -0.389 e. The Morgan fingerprint density at radius 2 is 1.86 bits per heavy atom. The summed E-state index contributed by atoms with van der Waals surface area (Å²) in [4.78, 5) is 2.39. The van der Waals surface area contributed by atoms with Gasteiger partial charge >= 0.3 is 0 Å². The van der Waals surface area contributed by atoms with E-state index in [1.54, 1.807) is 0 Å². The molecule has 1 rings (SSSR count). The van der Waals surface area contributed by atoms with E-state index in [1.807, 2.05) is 0 Å². The van der Waals surface area contributed by atoms with Crippen LogP contribution in [0.2, 0.25) is 0 Å². The summed E-state index contributed by atoms with van der Waals surface area (Å²) in [7, 11) is 0. The highest BCUT2D eigenvalue weighted by Gasteiger charge is 2.30. The Bertz CT molecular complexity index is 165. The van der Waals surface area contributed by atoms with Gasteiger partial charge in [-0.15, -0.1) is 0 Å². The fourth-order valence-electron chi connectivity index (χ4n) is 1.88. The van der Waals surface area contributed by atoms with Gasteiger partial charge in [0, 0.05) is 25.7 Å². The van der Waals surface area contributed by atoms with Crippen LogP contribution in [0.1, 0.15) is 33.6 Å². The van der Waals surface area contributed by atoms with Gasteiger partial charge in [0.25, 0.3) is 0 Å². The van der Waals surface area contributed by atoms with Gasteiger partial charge in [-0.25, -0.2) is 0 Å². The third-order valence-corrected chi connectivity index (χ3v) is 3.50. The molecule has 0 atom stereocenters. The minimum atomic E-state index is -0.481. The summed E-state index contributed by atoms with van der Waals surface area (Å²) in [6.45, 7) is 10.3. The lowest BCUT2D eigenvalue weighted by Gasteiger charge is -2.41. The predicted molar refractivity (Wildman–Crippen MR) is 59.4 cm³/mol. The van der Waals surface area contributed by atoms with Crippen molar-refractivity contribution in [2.24, 2.45) is 0 Å². The lowest BCUT2D eigenvalue weighted by Crippen LogP contribution is -2.60. The standard InChI is InChI=1S/C11H24N2O/c1-4-11(14,5-2)9-13(6-3)10-7-12-8-10/h10,12,14H,4-9H2,1-3H3. The van der Waals surface area contributed by atoms with E-state index in [2.05, 4.69) is 31.0 Å². The average Bonchev–Trinajstić information content (AvgIpc) is 2.14. The van der Waals surface area contributed by atoms with Crippen molar-refractivity contribution in [1.29, 1.82) is 0 Å². The van der Waals surface area contributed by atoms with Crippen LogP contribution in [0.25, 0.3) is 0 Å². The van der Waals surface area contributed by atoms with Crippen LogP contribution in [0.3, 0.4) is 0 Å². The van der Waals surface area contributed by atoms with Crippen LogP contribution in [0, 0.1) is 0 Å². The zero-order valence-electron chi connectivity index (χ0n) is 9.71. The van der Waals surface area contributed by atoms with Gasteiger partial charge in [-0.3, -0.25) is 4.90 Å². The molecule has 0 bridgehead atoms. The third kappa shape index (κ3) is 2.69. The zero-order chi connectivity index (χ0) is 10.6. The Hall–Kier alpha value is -0.120. The van der Waals surface area contributed by atoms with E-state index in [1.165, 1.54) is 0 Å². The zero-order valence-corrected chi connectivity index (χ0v) is 9.71. The number of hydrogen-bond donors (Lipinski definition) is 2. The lowest BCUT2D eigenvalue weighted by molar-refractivity contribution is -0.0200. The molecule has 84 valence electrons. The second-order valence-corrected chi connectivity index (χ2v) is 4.31. The summed E-state index contributed by atoms with van der Waals surface area (Å²) in [5, 5.41) is 13.5. The second-order valence-electron chi connectivity index (χ2n) is 4.31. The maximum Gasteiger partial charge on any atom is 0.0769 e. The highest BCUT2D eigenvalue weighted by Crippen LogP contribution is 2.18. The Balaban J connectivity index is 2.45. The van der Waals surface area contributed by atoms with E-state index in [0.29, 0.717) is 6.04 Å². The molecule has 0 aromatic rings. The van der Waals surface area contributed by atoms with Crippen molar-refractivity contribution in [2.45, 2.75) is 45.3 Å². The van der Waals surface area contributed by atoms with Crippen molar-refractivity contribution in [2.75, 3.05) is 26.2 Å². The molecule has 0 aromatic carbocycles. The summed E-state index contributed by atoms with van der Waals surface area (Å²) >= 11 is 0. The molecule has 0 spiro atoms. The molecule has 1 aliphatic heterocycles. The fourth-order valence-corrected chi connectivity index (χ4v) is 1.88. The largest absolute Gasteiger partial charge is 0.389 e. The first-order valence-electron chi connectivity index (χ1n) is 5.82. The van der Waals surface area contributed by atoms with Crippen molar-refractivity contribution in [3.63, 3.8) is 0 Å². The molecule has 1 aliphatic rings. The van der Waals surface area contributed by atoms with Crippen LogP contribution >= 0.6 is 0 Å². The van der Waals surface area contributed by atoms with Gasteiger partial charge in [0.15, 0.2) is 0 Å². The monoisotopic (exact) mass is 200 g/mol. The maximum absolute atomic E-state index is 10.2. The molecule has 0 aromatic heterocycles. The first-order valence-corrected chi connectivity index (χ1v) is 5.82. The normalized spacial score (nSPS) is 18.6. The number of aliphatic hydroxyl groups is 1. The summed E-state index contributed by atoms with van der Waals surface area (Å²) in [5.74, 6) is 0. The van der Waals surface area contributed by atoms with Crippen molar-refractivity contribution in [3.05, 3.63) is 0 Å². The molecule has 2 N–H and O–H groups in total. The Morgan fingerprint density at radius 1 is 1.29 bits per heavy atom. The molecule has 0 saturated carbocycles. The number of rotatable bonds is 6. The average molecular weight is 200 g/mol. The minimum absolute atomic E-state index is 0.481. The number of nitrogens with zero attached hydrogens (tertiary/aromatic N) is 1. The van der Waals surface area contributed by atoms with Gasteiger partial charge in [-0.2, -0.15) is 0 Å². The van der Waals surface area contributed by atoms with Crippen molar-refractivity contribution < 1.29 is 5.11 Å². The number of nitrogens with one attached hydrogen (secondary N) is 1. The van der Waals surface area contributed by atoms with Crippen LogP contribution in [0.4, 0.5) is 0 Å².